The fourth-order valence-corrected chi connectivity index (χ4v) is 6.19. The van der Waals surface area contributed by atoms with Gasteiger partial charge < -0.3 is 5.11 Å². The van der Waals surface area contributed by atoms with Crippen LogP contribution in [0.2, 0.25) is 0 Å². The minimum atomic E-state index is -3.50. The van der Waals surface area contributed by atoms with Gasteiger partial charge in [0, 0.05) is 6.54 Å². The summed E-state index contributed by atoms with van der Waals surface area (Å²) in [5.41, 5.74) is 0.709. The van der Waals surface area contributed by atoms with Crippen molar-refractivity contribution in [2.45, 2.75) is 31.3 Å². The molecule has 0 unspecified atom stereocenters. The first kappa shape index (κ1) is 15.3. The fourth-order valence-electron chi connectivity index (χ4n) is 2.21. The van der Waals surface area contributed by atoms with E-state index >= 15 is 0 Å². The van der Waals surface area contributed by atoms with Gasteiger partial charge in [0.1, 0.15) is 4.90 Å². The van der Waals surface area contributed by atoms with Crippen molar-refractivity contribution in [1.82, 2.24) is 4.72 Å². The van der Waals surface area contributed by atoms with Gasteiger partial charge in [-0.3, -0.25) is 0 Å². The van der Waals surface area contributed by atoms with Gasteiger partial charge >= 0.3 is 0 Å². The predicted molar refractivity (Wildman–Crippen MR) is 80.2 cm³/mol. The van der Waals surface area contributed by atoms with E-state index in [1.54, 1.807) is 12.3 Å². The van der Waals surface area contributed by atoms with Crippen LogP contribution >= 0.6 is 23.1 Å². The standard InChI is InChI=1S/C12H19NO3S3/c1-9-8-18-11(7-14)12(9)19(15,16)13-6-10-2-4-17-5-3-10/h8,10,13-14H,2-7H2,1H3. The molecule has 1 aromatic rings. The highest BCUT2D eigenvalue weighted by atomic mass is 32.2. The summed E-state index contributed by atoms with van der Waals surface area (Å²) >= 11 is 3.22. The monoisotopic (exact) mass is 321 g/mol. The number of aliphatic hydroxyl groups excluding tert-OH is 1. The summed E-state index contributed by atoms with van der Waals surface area (Å²) in [6.45, 7) is 2.04. The molecule has 0 aromatic carbocycles. The SMILES string of the molecule is Cc1csc(CO)c1S(=O)(=O)NCC1CCSCC1. The first-order valence-electron chi connectivity index (χ1n) is 6.30. The van der Waals surface area contributed by atoms with Gasteiger partial charge in [0.2, 0.25) is 10.0 Å². The van der Waals surface area contributed by atoms with E-state index in [9.17, 15) is 13.5 Å². The second kappa shape index (κ2) is 6.58. The number of thiophene rings is 1. The van der Waals surface area contributed by atoms with Gasteiger partial charge in [-0.25, -0.2) is 13.1 Å². The lowest BCUT2D eigenvalue weighted by Gasteiger charge is -2.21. The maximum absolute atomic E-state index is 12.3. The minimum absolute atomic E-state index is 0.227. The van der Waals surface area contributed by atoms with Crippen molar-refractivity contribution in [2.24, 2.45) is 5.92 Å². The third kappa shape index (κ3) is 3.72. The zero-order valence-electron chi connectivity index (χ0n) is 10.9. The van der Waals surface area contributed by atoms with E-state index < -0.39 is 10.0 Å². The average Bonchev–Trinajstić information content (AvgIpc) is 2.80. The Balaban J connectivity index is 2.07. The third-order valence-corrected chi connectivity index (χ3v) is 7.22. The largest absolute Gasteiger partial charge is 0.391 e. The predicted octanol–water partition coefficient (Wildman–Crippen LogP) is 1.97. The Kier molecular flexibility index (Phi) is 5.30. The summed E-state index contributed by atoms with van der Waals surface area (Å²) in [5, 5.41) is 11.0. The zero-order chi connectivity index (χ0) is 13.9. The van der Waals surface area contributed by atoms with Crippen molar-refractivity contribution >= 4 is 33.1 Å². The molecule has 1 aliphatic heterocycles. The fraction of sp³-hybridized carbons (Fsp3) is 0.667. The molecule has 1 aliphatic rings. The smallest absolute Gasteiger partial charge is 0.242 e. The molecule has 0 atom stereocenters. The van der Waals surface area contributed by atoms with Crippen molar-refractivity contribution in [3.8, 4) is 0 Å². The van der Waals surface area contributed by atoms with Crippen LogP contribution < -0.4 is 4.72 Å². The van der Waals surface area contributed by atoms with Gasteiger partial charge in [-0.05, 0) is 48.1 Å². The molecule has 0 bridgehead atoms. The number of sulfonamides is 1. The molecule has 1 fully saturated rings. The van der Waals surface area contributed by atoms with Crippen LogP contribution in [0.15, 0.2) is 10.3 Å². The number of aliphatic hydroxyl groups is 1. The summed E-state index contributed by atoms with van der Waals surface area (Å²) in [4.78, 5) is 0.786. The Morgan fingerprint density at radius 1 is 1.42 bits per heavy atom. The number of hydrogen-bond acceptors (Lipinski definition) is 5. The topological polar surface area (TPSA) is 66.4 Å². The van der Waals surface area contributed by atoms with E-state index in [0.717, 1.165) is 24.3 Å². The number of aryl methyl sites for hydroxylation is 1. The molecule has 0 amide bonds. The van der Waals surface area contributed by atoms with E-state index in [1.165, 1.54) is 11.3 Å². The lowest BCUT2D eigenvalue weighted by atomic mass is 10.0. The lowest BCUT2D eigenvalue weighted by Crippen LogP contribution is -2.31. The van der Waals surface area contributed by atoms with Crippen molar-refractivity contribution in [3.05, 3.63) is 15.8 Å². The Labute approximate surface area is 122 Å². The summed E-state index contributed by atoms with van der Waals surface area (Å²) in [6.07, 6.45) is 2.14. The number of nitrogens with one attached hydrogen (secondary N) is 1. The molecule has 0 spiro atoms. The van der Waals surface area contributed by atoms with Crippen LogP contribution in [0.25, 0.3) is 0 Å². The Morgan fingerprint density at radius 2 is 2.11 bits per heavy atom. The molecule has 2 N–H and O–H groups in total. The molecule has 108 valence electrons. The number of rotatable bonds is 5. The molecular weight excluding hydrogens is 302 g/mol. The van der Waals surface area contributed by atoms with Crippen LogP contribution in [-0.2, 0) is 16.6 Å². The number of hydrogen-bond donors (Lipinski definition) is 2. The molecule has 7 heteroatoms. The molecule has 4 nitrogen and oxygen atoms in total. The van der Waals surface area contributed by atoms with Crippen LogP contribution in [0, 0.1) is 12.8 Å². The van der Waals surface area contributed by atoms with Gasteiger partial charge in [0.15, 0.2) is 0 Å². The first-order chi connectivity index (χ1) is 9.04. The van der Waals surface area contributed by atoms with Crippen molar-refractivity contribution in [3.63, 3.8) is 0 Å². The highest BCUT2D eigenvalue weighted by Crippen LogP contribution is 2.27. The van der Waals surface area contributed by atoms with E-state index in [1.807, 2.05) is 11.8 Å². The van der Waals surface area contributed by atoms with Crippen LogP contribution in [0.1, 0.15) is 23.3 Å². The van der Waals surface area contributed by atoms with E-state index in [0.29, 0.717) is 22.9 Å². The van der Waals surface area contributed by atoms with Gasteiger partial charge in [-0.2, -0.15) is 11.8 Å². The molecule has 1 saturated heterocycles. The summed E-state index contributed by atoms with van der Waals surface area (Å²) in [7, 11) is -3.50. The number of thioether (sulfide) groups is 1. The second-order valence-corrected chi connectivity index (χ2v) is 8.63. The maximum atomic E-state index is 12.3. The third-order valence-electron chi connectivity index (χ3n) is 3.30. The normalized spacial score (nSPS) is 17.8. The summed E-state index contributed by atoms with van der Waals surface area (Å²) in [5.74, 6) is 2.67. The molecule has 1 aromatic heterocycles. The van der Waals surface area contributed by atoms with Gasteiger partial charge in [-0.1, -0.05) is 0 Å². The highest BCUT2D eigenvalue weighted by Gasteiger charge is 2.24. The van der Waals surface area contributed by atoms with Gasteiger partial charge in [0.05, 0.1) is 11.5 Å². The highest BCUT2D eigenvalue weighted by molar-refractivity contribution is 7.99. The van der Waals surface area contributed by atoms with Crippen LogP contribution in [-0.4, -0.2) is 31.6 Å². The van der Waals surface area contributed by atoms with E-state index in [-0.39, 0.29) is 11.5 Å². The quantitative estimate of drug-likeness (QED) is 0.870. The molecule has 0 aliphatic carbocycles. The van der Waals surface area contributed by atoms with Crippen molar-refractivity contribution in [2.75, 3.05) is 18.1 Å². The molecule has 19 heavy (non-hydrogen) atoms. The van der Waals surface area contributed by atoms with E-state index in [4.69, 9.17) is 0 Å². The maximum Gasteiger partial charge on any atom is 0.242 e. The van der Waals surface area contributed by atoms with Crippen LogP contribution in [0.4, 0.5) is 0 Å². The van der Waals surface area contributed by atoms with Crippen molar-refractivity contribution < 1.29 is 13.5 Å². The Bertz CT molecular complexity index is 518. The van der Waals surface area contributed by atoms with Gasteiger partial charge in [-0.15, -0.1) is 11.3 Å². The molecule has 0 saturated carbocycles. The zero-order valence-corrected chi connectivity index (χ0v) is 13.3. The summed E-state index contributed by atoms with van der Waals surface area (Å²) in [6, 6.07) is 0. The first-order valence-corrected chi connectivity index (χ1v) is 9.81. The molecule has 2 heterocycles. The molecule has 0 radical (unpaired) electrons. The van der Waals surface area contributed by atoms with Gasteiger partial charge in [0.25, 0.3) is 0 Å². The Morgan fingerprint density at radius 3 is 2.74 bits per heavy atom. The van der Waals surface area contributed by atoms with Crippen LogP contribution in [0.3, 0.4) is 0 Å². The second-order valence-electron chi connectivity index (χ2n) is 4.74. The average molecular weight is 321 g/mol. The summed E-state index contributed by atoms with van der Waals surface area (Å²) < 4.78 is 27.3. The molecule has 2 rings (SSSR count). The van der Waals surface area contributed by atoms with E-state index in [2.05, 4.69) is 4.72 Å². The van der Waals surface area contributed by atoms with Crippen LogP contribution in [0.5, 0.6) is 0 Å². The molecular formula is C12H19NO3S3. The van der Waals surface area contributed by atoms with Crippen molar-refractivity contribution in [1.29, 1.82) is 0 Å². The minimum Gasteiger partial charge on any atom is -0.391 e. The Hall–Kier alpha value is -0.0800. The lowest BCUT2D eigenvalue weighted by molar-refractivity contribution is 0.282.